The molecule has 27 heavy (non-hydrogen) atoms. The molecule has 1 aliphatic rings. The molecular formula is C21H22ClN5. The number of nitrogens with one attached hydrogen (secondary N) is 2. The summed E-state index contributed by atoms with van der Waals surface area (Å²) in [4.78, 5) is 13.8. The summed E-state index contributed by atoms with van der Waals surface area (Å²) in [5, 5.41) is 7.56. The molecule has 1 aromatic carbocycles. The first kappa shape index (κ1) is 17.7. The van der Waals surface area contributed by atoms with Gasteiger partial charge in [-0.1, -0.05) is 36.9 Å². The molecule has 0 aliphatic heterocycles. The number of halogens is 1. The van der Waals surface area contributed by atoms with Crippen molar-refractivity contribution in [2.75, 3.05) is 10.6 Å². The summed E-state index contributed by atoms with van der Waals surface area (Å²) < 4.78 is 0. The van der Waals surface area contributed by atoms with Crippen molar-refractivity contribution in [2.24, 2.45) is 0 Å². The van der Waals surface area contributed by atoms with E-state index in [1.165, 1.54) is 19.3 Å². The number of hydrogen-bond acceptors (Lipinski definition) is 5. The third-order valence-corrected chi connectivity index (χ3v) is 4.96. The number of aromatic nitrogens is 3. The zero-order chi connectivity index (χ0) is 18.5. The van der Waals surface area contributed by atoms with Gasteiger partial charge < -0.3 is 10.6 Å². The summed E-state index contributed by atoms with van der Waals surface area (Å²) in [5.74, 6) is 1.37. The molecule has 0 saturated heterocycles. The van der Waals surface area contributed by atoms with Crippen LogP contribution >= 0.6 is 11.6 Å². The van der Waals surface area contributed by atoms with Crippen molar-refractivity contribution in [1.29, 1.82) is 0 Å². The van der Waals surface area contributed by atoms with Crippen molar-refractivity contribution in [3.63, 3.8) is 0 Å². The Morgan fingerprint density at radius 1 is 0.889 bits per heavy atom. The van der Waals surface area contributed by atoms with Gasteiger partial charge in [0.2, 0.25) is 5.95 Å². The van der Waals surface area contributed by atoms with Gasteiger partial charge in [0.15, 0.2) is 0 Å². The molecule has 2 heterocycles. The van der Waals surface area contributed by atoms with Gasteiger partial charge in [-0.15, -0.1) is 0 Å². The Morgan fingerprint density at radius 3 is 2.44 bits per heavy atom. The zero-order valence-electron chi connectivity index (χ0n) is 15.0. The first-order valence-corrected chi connectivity index (χ1v) is 9.74. The van der Waals surface area contributed by atoms with E-state index < -0.39 is 0 Å². The number of benzene rings is 1. The Bertz CT molecular complexity index is 877. The Hall–Kier alpha value is -2.66. The molecule has 1 saturated carbocycles. The van der Waals surface area contributed by atoms with Crippen molar-refractivity contribution < 1.29 is 0 Å². The van der Waals surface area contributed by atoms with E-state index >= 15 is 0 Å². The molecule has 0 amide bonds. The Balaban J connectivity index is 1.64. The number of anilines is 3. The number of nitrogens with zero attached hydrogens (tertiary/aromatic N) is 3. The third kappa shape index (κ3) is 4.74. The van der Waals surface area contributed by atoms with Crippen molar-refractivity contribution in [3.05, 3.63) is 59.8 Å². The lowest BCUT2D eigenvalue weighted by molar-refractivity contribution is 0.461. The number of pyridine rings is 1. The summed E-state index contributed by atoms with van der Waals surface area (Å²) in [7, 11) is 0. The van der Waals surface area contributed by atoms with Crippen LogP contribution in [0.4, 0.5) is 17.5 Å². The lowest BCUT2D eigenvalue weighted by Crippen LogP contribution is -2.23. The highest BCUT2D eigenvalue weighted by Crippen LogP contribution is 2.25. The standard InChI is InChI=1S/C21H22ClN5/c22-15-9-11-17(12-10-15)24-20-14-19(18-8-4-5-13-23-18)26-21(27-20)25-16-6-2-1-3-7-16/h4-5,8-14,16H,1-3,6-7H2,(H2,24,25,26,27). The minimum atomic E-state index is 0.432. The number of hydrogen-bond donors (Lipinski definition) is 2. The van der Waals surface area contributed by atoms with Gasteiger partial charge in [0.05, 0.1) is 11.4 Å². The van der Waals surface area contributed by atoms with Gasteiger partial charge >= 0.3 is 0 Å². The van der Waals surface area contributed by atoms with Crippen LogP contribution in [-0.2, 0) is 0 Å². The summed E-state index contributed by atoms with van der Waals surface area (Å²) in [6.45, 7) is 0. The van der Waals surface area contributed by atoms with Crippen LogP contribution in [0, 0.1) is 0 Å². The SMILES string of the molecule is Clc1ccc(Nc2cc(-c3ccccn3)nc(NC3CCCCC3)n2)cc1. The topological polar surface area (TPSA) is 62.7 Å². The second-order valence-electron chi connectivity index (χ2n) is 6.79. The van der Waals surface area contributed by atoms with Crippen molar-refractivity contribution in [1.82, 2.24) is 15.0 Å². The van der Waals surface area contributed by atoms with E-state index in [1.807, 2.05) is 48.5 Å². The van der Waals surface area contributed by atoms with E-state index in [-0.39, 0.29) is 0 Å². The summed E-state index contributed by atoms with van der Waals surface area (Å²) >= 11 is 5.98. The largest absolute Gasteiger partial charge is 0.351 e. The lowest BCUT2D eigenvalue weighted by atomic mass is 9.96. The maximum Gasteiger partial charge on any atom is 0.225 e. The maximum absolute atomic E-state index is 5.98. The highest BCUT2D eigenvalue weighted by atomic mass is 35.5. The summed E-state index contributed by atoms with van der Waals surface area (Å²) in [6, 6.07) is 15.7. The minimum Gasteiger partial charge on any atom is -0.351 e. The van der Waals surface area contributed by atoms with Crippen molar-refractivity contribution >= 4 is 29.1 Å². The van der Waals surface area contributed by atoms with E-state index in [2.05, 4.69) is 20.6 Å². The van der Waals surface area contributed by atoms with Crippen LogP contribution in [0.5, 0.6) is 0 Å². The van der Waals surface area contributed by atoms with Crippen LogP contribution in [0.3, 0.4) is 0 Å². The first-order valence-electron chi connectivity index (χ1n) is 9.36. The molecule has 2 N–H and O–H groups in total. The average molecular weight is 380 g/mol. The van der Waals surface area contributed by atoms with Gasteiger partial charge in [0.25, 0.3) is 0 Å². The van der Waals surface area contributed by atoms with E-state index in [4.69, 9.17) is 16.6 Å². The fourth-order valence-electron chi connectivity index (χ4n) is 3.33. The Kier molecular flexibility index (Phi) is 5.49. The fourth-order valence-corrected chi connectivity index (χ4v) is 3.46. The molecule has 0 unspecified atom stereocenters. The predicted octanol–water partition coefficient (Wildman–Crippen LogP) is 5.68. The van der Waals surface area contributed by atoms with E-state index in [9.17, 15) is 0 Å². The normalized spacial score (nSPS) is 14.7. The van der Waals surface area contributed by atoms with E-state index in [0.717, 1.165) is 35.7 Å². The molecule has 0 bridgehead atoms. The molecule has 2 aromatic heterocycles. The Morgan fingerprint density at radius 2 is 1.70 bits per heavy atom. The second kappa shape index (κ2) is 8.35. The third-order valence-electron chi connectivity index (χ3n) is 4.71. The van der Waals surface area contributed by atoms with Crippen LogP contribution < -0.4 is 10.6 Å². The van der Waals surface area contributed by atoms with Crippen LogP contribution in [0.2, 0.25) is 5.02 Å². The smallest absolute Gasteiger partial charge is 0.225 e. The van der Waals surface area contributed by atoms with Crippen LogP contribution in [0.1, 0.15) is 32.1 Å². The van der Waals surface area contributed by atoms with E-state index in [0.29, 0.717) is 17.0 Å². The number of rotatable bonds is 5. The quantitative estimate of drug-likeness (QED) is 0.597. The molecule has 4 rings (SSSR count). The molecule has 0 spiro atoms. The second-order valence-corrected chi connectivity index (χ2v) is 7.22. The van der Waals surface area contributed by atoms with Gasteiger partial charge in [0.1, 0.15) is 5.82 Å². The van der Waals surface area contributed by atoms with Crippen LogP contribution in [0.15, 0.2) is 54.7 Å². The maximum atomic E-state index is 5.98. The minimum absolute atomic E-state index is 0.432. The molecule has 0 radical (unpaired) electrons. The highest BCUT2D eigenvalue weighted by Gasteiger charge is 2.16. The summed E-state index contributed by atoms with van der Waals surface area (Å²) in [6.07, 6.45) is 7.93. The van der Waals surface area contributed by atoms with Gasteiger partial charge in [-0.2, -0.15) is 4.98 Å². The van der Waals surface area contributed by atoms with Gasteiger partial charge in [0, 0.05) is 29.0 Å². The van der Waals surface area contributed by atoms with Crippen molar-refractivity contribution in [2.45, 2.75) is 38.1 Å². The highest BCUT2D eigenvalue weighted by molar-refractivity contribution is 6.30. The molecule has 6 heteroatoms. The monoisotopic (exact) mass is 379 g/mol. The van der Waals surface area contributed by atoms with E-state index in [1.54, 1.807) is 6.20 Å². The average Bonchev–Trinajstić information content (AvgIpc) is 2.71. The molecule has 1 aliphatic carbocycles. The molecule has 1 fully saturated rings. The van der Waals surface area contributed by atoms with Crippen molar-refractivity contribution in [3.8, 4) is 11.4 Å². The van der Waals surface area contributed by atoms with Crippen LogP contribution in [-0.4, -0.2) is 21.0 Å². The van der Waals surface area contributed by atoms with Gasteiger partial charge in [-0.3, -0.25) is 4.98 Å². The molecular weight excluding hydrogens is 358 g/mol. The predicted molar refractivity (Wildman–Crippen MR) is 110 cm³/mol. The molecule has 5 nitrogen and oxygen atoms in total. The lowest BCUT2D eigenvalue weighted by Gasteiger charge is -2.23. The molecule has 3 aromatic rings. The van der Waals surface area contributed by atoms with Gasteiger partial charge in [-0.25, -0.2) is 4.98 Å². The first-order chi connectivity index (χ1) is 13.3. The molecule has 138 valence electrons. The fraction of sp³-hybridized carbons (Fsp3) is 0.286. The zero-order valence-corrected chi connectivity index (χ0v) is 15.8. The van der Waals surface area contributed by atoms with Crippen LogP contribution in [0.25, 0.3) is 11.4 Å². The molecule has 0 atom stereocenters. The summed E-state index contributed by atoms with van der Waals surface area (Å²) in [5.41, 5.74) is 2.54. The van der Waals surface area contributed by atoms with Gasteiger partial charge in [-0.05, 0) is 49.2 Å². The Labute approximate surface area is 164 Å².